The summed E-state index contributed by atoms with van der Waals surface area (Å²) in [5, 5.41) is 1.09. The number of benzene rings is 1. The third-order valence-corrected chi connectivity index (χ3v) is 4.27. The van der Waals surface area contributed by atoms with Gasteiger partial charge in [0, 0.05) is 9.80 Å². The Kier molecular flexibility index (Phi) is 6.44. The van der Waals surface area contributed by atoms with Gasteiger partial charge in [0.15, 0.2) is 0 Å². The number of halogens is 2. The van der Waals surface area contributed by atoms with Gasteiger partial charge in [0.05, 0.1) is 6.61 Å². The van der Waals surface area contributed by atoms with Crippen molar-refractivity contribution < 1.29 is 4.74 Å². The molecule has 0 bridgehead atoms. The van der Waals surface area contributed by atoms with Crippen LogP contribution in [-0.4, -0.2) is 11.9 Å². The fourth-order valence-electron chi connectivity index (χ4n) is 1.55. The molecule has 1 aromatic carbocycles. The Hall–Kier alpha value is -0.0200. The first-order chi connectivity index (χ1) is 7.65. The lowest BCUT2D eigenvalue weighted by molar-refractivity contribution is 0.306. The lowest BCUT2D eigenvalue weighted by atomic mass is 10.1. The van der Waals surface area contributed by atoms with Crippen LogP contribution in [0.15, 0.2) is 16.6 Å². The Labute approximate surface area is 115 Å². The van der Waals surface area contributed by atoms with Gasteiger partial charge >= 0.3 is 0 Å². The minimum atomic E-state index is 0.813. The lowest BCUT2D eigenvalue weighted by Gasteiger charge is -2.09. The summed E-state index contributed by atoms with van der Waals surface area (Å²) in [5.74, 6) is 0.983. The third-order valence-electron chi connectivity index (χ3n) is 2.46. The molecule has 1 aromatic rings. The average Bonchev–Trinajstić information content (AvgIpc) is 2.25. The highest BCUT2D eigenvalue weighted by atomic mass is 79.9. The van der Waals surface area contributed by atoms with Crippen LogP contribution in [0.1, 0.15) is 30.4 Å². The van der Waals surface area contributed by atoms with Crippen molar-refractivity contribution in [2.45, 2.75) is 33.1 Å². The van der Waals surface area contributed by atoms with Crippen molar-refractivity contribution in [2.75, 3.05) is 11.9 Å². The second-order valence-corrected chi connectivity index (χ2v) is 5.56. The Bertz CT molecular complexity index is 314. The number of unbranched alkanes of at least 4 members (excludes halogenated alkanes) is 2. The maximum atomic E-state index is 5.73. The van der Waals surface area contributed by atoms with Crippen molar-refractivity contribution in [2.24, 2.45) is 0 Å². The fourth-order valence-corrected chi connectivity index (χ4v) is 2.18. The van der Waals surface area contributed by atoms with Gasteiger partial charge in [0.2, 0.25) is 0 Å². The molecule has 0 spiro atoms. The van der Waals surface area contributed by atoms with E-state index in [2.05, 4.69) is 57.8 Å². The molecule has 3 heteroatoms. The number of alkyl halides is 1. The topological polar surface area (TPSA) is 9.23 Å². The van der Waals surface area contributed by atoms with Crippen LogP contribution < -0.4 is 4.74 Å². The molecular weight excluding hydrogens is 332 g/mol. The molecule has 0 aliphatic rings. The van der Waals surface area contributed by atoms with E-state index in [1.54, 1.807) is 0 Å². The van der Waals surface area contributed by atoms with E-state index in [0.717, 1.165) is 24.1 Å². The molecule has 0 amide bonds. The zero-order valence-electron chi connectivity index (χ0n) is 9.85. The first kappa shape index (κ1) is 14.0. The highest BCUT2D eigenvalue weighted by Crippen LogP contribution is 2.26. The van der Waals surface area contributed by atoms with E-state index in [0.29, 0.717) is 0 Å². The summed E-state index contributed by atoms with van der Waals surface area (Å²) in [7, 11) is 0. The summed E-state index contributed by atoms with van der Waals surface area (Å²) in [6.07, 6.45) is 3.57. The van der Waals surface area contributed by atoms with Gasteiger partial charge in [-0.1, -0.05) is 31.9 Å². The maximum absolute atomic E-state index is 5.73. The van der Waals surface area contributed by atoms with Crippen molar-refractivity contribution in [3.63, 3.8) is 0 Å². The van der Waals surface area contributed by atoms with Crippen LogP contribution in [0.3, 0.4) is 0 Å². The molecule has 0 saturated heterocycles. The molecule has 0 heterocycles. The first-order valence-electron chi connectivity index (χ1n) is 5.60. The molecule has 0 unspecified atom stereocenters. The minimum absolute atomic E-state index is 0.813. The van der Waals surface area contributed by atoms with Crippen LogP contribution in [-0.2, 0) is 0 Å². The van der Waals surface area contributed by atoms with Gasteiger partial charge in [-0.15, -0.1) is 0 Å². The molecule has 0 aliphatic carbocycles. The van der Waals surface area contributed by atoms with E-state index >= 15 is 0 Å². The van der Waals surface area contributed by atoms with Gasteiger partial charge in [-0.25, -0.2) is 0 Å². The smallest absolute Gasteiger partial charge is 0.119 e. The van der Waals surface area contributed by atoms with E-state index in [9.17, 15) is 0 Å². The van der Waals surface area contributed by atoms with Crippen LogP contribution >= 0.6 is 31.9 Å². The predicted octanol–water partition coefficient (Wildman–Crippen LogP) is 5.01. The molecule has 90 valence electrons. The van der Waals surface area contributed by atoms with Crippen molar-refractivity contribution in [3.05, 3.63) is 27.7 Å². The highest BCUT2D eigenvalue weighted by molar-refractivity contribution is 9.10. The van der Waals surface area contributed by atoms with Gasteiger partial charge in [-0.2, -0.15) is 0 Å². The normalized spacial score (nSPS) is 10.5. The molecule has 0 radical (unpaired) electrons. The van der Waals surface area contributed by atoms with Gasteiger partial charge in [0.25, 0.3) is 0 Å². The monoisotopic (exact) mass is 348 g/mol. The SMILES string of the molecule is Cc1cc(OCCCCCBr)cc(C)c1Br. The second kappa shape index (κ2) is 7.33. The Balaban J connectivity index is 2.43. The maximum Gasteiger partial charge on any atom is 0.119 e. The number of ether oxygens (including phenoxy) is 1. The third kappa shape index (κ3) is 4.46. The van der Waals surface area contributed by atoms with Crippen LogP contribution in [0.5, 0.6) is 5.75 Å². The van der Waals surface area contributed by atoms with Crippen molar-refractivity contribution in [1.29, 1.82) is 0 Å². The average molecular weight is 350 g/mol. The van der Waals surface area contributed by atoms with Crippen LogP contribution in [0.2, 0.25) is 0 Å². The van der Waals surface area contributed by atoms with E-state index < -0.39 is 0 Å². The zero-order valence-corrected chi connectivity index (χ0v) is 13.0. The molecular formula is C13H18Br2O. The zero-order chi connectivity index (χ0) is 12.0. The highest BCUT2D eigenvalue weighted by Gasteiger charge is 2.02. The largest absolute Gasteiger partial charge is 0.494 e. The van der Waals surface area contributed by atoms with Crippen LogP contribution in [0, 0.1) is 13.8 Å². The van der Waals surface area contributed by atoms with Crippen LogP contribution in [0.4, 0.5) is 0 Å². The summed E-state index contributed by atoms with van der Waals surface area (Å²) >= 11 is 6.98. The summed E-state index contributed by atoms with van der Waals surface area (Å²) < 4.78 is 6.91. The number of rotatable bonds is 6. The van der Waals surface area contributed by atoms with Gasteiger partial charge < -0.3 is 4.74 Å². The standard InChI is InChI=1S/C13H18Br2O/c1-10-8-12(9-11(2)13(10)15)16-7-5-3-4-6-14/h8-9H,3-7H2,1-2H3. The number of hydrogen-bond acceptors (Lipinski definition) is 1. The number of hydrogen-bond donors (Lipinski definition) is 0. The fraction of sp³-hybridized carbons (Fsp3) is 0.538. The van der Waals surface area contributed by atoms with Crippen molar-refractivity contribution in [3.8, 4) is 5.75 Å². The van der Waals surface area contributed by atoms with Gasteiger partial charge in [-0.3, -0.25) is 0 Å². The van der Waals surface area contributed by atoms with Crippen molar-refractivity contribution in [1.82, 2.24) is 0 Å². The summed E-state index contributed by atoms with van der Waals surface area (Å²) in [6, 6.07) is 4.17. The van der Waals surface area contributed by atoms with E-state index in [4.69, 9.17) is 4.74 Å². The van der Waals surface area contributed by atoms with Crippen LogP contribution in [0.25, 0.3) is 0 Å². The van der Waals surface area contributed by atoms with Crippen molar-refractivity contribution >= 4 is 31.9 Å². The molecule has 1 nitrogen and oxygen atoms in total. The molecule has 0 N–H and O–H groups in total. The molecule has 0 atom stereocenters. The quantitative estimate of drug-likeness (QED) is 0.518. The summed E-state index contributed by atoms with van der Waals surface area (Å²) in [5.41, 5.74) is 2.46. The van der Waals surface area contributed by atoms with E-state index in [1.165, 1.54) is 28.4 Å². The lowest BCUT2D eigenvalue weighted by Crippen LogP contribution is -1.98. The minimum Gasteiger partial charge on any atom is -0.494 e. The molecule has 0 aliphatic heterocycles. The summed E-state index contributed by atoms with van der Waals surface area (Å²) in [6.45, 7) is 5.00. The molecule has 0 saturated carbocycles. The number of aryl methyl sites for hydroxylation is 2. The first-order valence-corrected chi connectivity index (χ1v) is 7.52. The Morgan fingerprint density at radius 2 is 1.69 bits per heavy atom. The van der Waals surface area contributed by atoms with E-state index in [-0.39, 0.29) is 0 Å². The second-order valence-electron chi connectivity index (χ2n) is 3.97. The Morgan fingerprint density at radius 1 is 1.06 bits per heavy atom. The molecule has 1 rings (SSSR count). The molecule has 16 heavy (non-hydrogen) atoms. The Morgan fingerprint density at radius 3 is 2.25 bits per heavy atom. The van der Waals surface area contributed by atoms with Gasteiger partial charge in [0.1, 0.15) is 5.75 Å². The van der Waals surface area contributed by atoms with E-state index in [1.807, 2.05) is 0 Å². The molecule has 0 aromatic heterocycles. The molecule has 0 fully saturated rings. The predicted molar refractivity (Wildman–Crippen MR) is 76.8 cm³/mol. The summed E-state index contributed by atoms with van der Waals surface area (Å²) in [4.78, 5) is 0. The van der Waals surface area contributed by atoms with Gasteiger partial charge in [-0.05, 0) is 56.4 Å².